The van der Waals surface area contributed by atoms with Gasteiger partial charge >= 0.3 is 0 Å². The third-order valence-electron chi connectivity index (χ3n) is 4.11. The molecule has 5 nitrogen and oxygen atoms in total. The minimum atomic E-state index is -0.172. The van der Waals surface area contributed by atoms with E-state index >= 15 is 0 Å². The summed E-state index contributed by atoms with van der Waals surface area (Å²) in [5.41, 5.74) is 3.14. The van der Waals surface area contributed by atoms with Gasteiger partial charge in [-0.05, 0) is 52.9 Å². The van der Waals surface area contributed by atoms with Crippen LogP contribution < -0.4 is 15.9 Å². The van der Waals surface area contributed by atoms with Gasteiger partial charge in [0.05, 0.1) is 12.6 Å². The normalized spacial score (nSPS) is 11.0. The highest BCUT2D eigenvalue weighted by atomic mass is 16.5. The molecule has 4 rings (SSSR count). The van der Waals surface area contributed by atoms with Crippen molar-refractivity contribution in [2.45, 2.75) is 0 Å². The van der Waals surface area contributed by atoms with Crippen LogP contribution in [-0.2, 0) is 0 Å². The number of rotatable bonds is 2. The molecule has 2 N–H and O–H groups in total. The zero-order valence-corrected chi connectivity index (χ0v) is 12.9. The Morgan fingerprint density at radius 3 is 2.46 bits per heavy atom. The van der Waals surface area contributed by atoms with Crippen molar-refractivity contribution in [3.05, 3.63) is 75.3 Å². The SMILES string of the molecule is COc1ccc(-c2ccc3[nH]c(=O)ccc3c2)c2ccc(=O)[nH]c12. The maximum absolute atomic E-state index is 11.7. The zero-order valence-electron chi connectivity index (χ0n) is 12.9. The van der Waals surface area contributed by atoms with Gasteiger partial charge in [0, 0.05) is 23.0 Å². The zero-order chi connectivity index (χ0) is 16.7. The fourth-order valence-corrected chi connectivity index (χ4v) is 2.97. The third kappa shape index (κ3) is 2.27. The number of fused-ring (bicyclic) bond motifs is 2. The van der Waals surface area contributed by atoms with Crippen molar-refractivity contribution in [2.75, 3.05) is 7.11 Å². The number of ether oxygens (including phenoxy) is 1. The van der Waals surface area contributed by atoms with Crippen molar-refractivity contribution in [3.63, 3.8) is 0 Å². The Balaban J connectivity index is 2.01. The summed E-state index contributed by atoms with van der Waals surface area (Å²) < 4.78 is 5.35. The summed E-state index contributed by atoms with van der Waals surface area (Å²) in [7, 11) is 1.58. The highest BCUT2D eigenvalue weighted by molar-refractivity contribution is 5.99. The van der Waals surface area contributed by atoms with Gasteiger partial charge in [-0.25, -0.2) is 0 Å². The number of aromatic nitrogens is 2. The van der Waals surface area contributed by atoms with Crippen molar-refractivity contribution in [1.29, 1.82) is 0 Å². The van der Waals surface area contributed by atoms with Gasteiger partial charge in [-0.3, -0.25) is 9.59 Å². The summed E-state index contributed by atoms with van der Waals surface area (Å²) in [5.74, 6) is 0.622. The van der Waals surface area contributed by atoms with E-state index < -0.39 is 0 Å². The summed E-state index contributed by atoms with van der Waals surface area (Å²) in [5, 5.41) is 1.85. The van der Waals surface area contributed by atoms with E-state index in [4.69, 9.17) is 4.74 Å². The molecule has 2 aromatic carbocycles. The molecule has 2 aromatic heterocycles. The smallest absolute Gasteiger partial charge is 0.248 e. The first-order valence-electron chi connectivity index (χ1n) is 7.49. The molecule has 0 atom stereocenters. The van der Waals surface area contributed by atoms with Crippen LogP contribution >= 0.6 is 0 Å². The Morgan fingerprint density at radius 2 is 1.62 bits per heavy atom. The molecule has 0 amide bonds. The number of aromatic amines is 2. The van der Waals surface area contributed by atoms with Crippen molar-refractivity contribution >= 4 is 21.8 Å². The Kier molecular flexibility index (Phi) is 3.20. The monoisotopic (exact) mass is 318 g/mol. The van der Waals surface area contributed by atoms with E-state index in [1.807, 2.05) is 30.3 Å². The van der Waals surface area contributed by atoms with Crippen molar-refractivity contribution < 1.29 is 4.74 Å². The lowest BCUT2D eigenvalue weighted by Gasteiger charge is -2.11. The molecule has 0 saturated carbocycles. The van der Waals surface area contributed by atoms with Gasteiger partial charge in [-0.15, -0.1) is 0 Å². The number of H-pyrrole nitrogens is 2. The maximum Gasteiger partial charge on any atom is 0.248 e. The van der Waals surface area contributed by atoms with Crippen LogP contribution in [0.25, 0.3) is 32.9 Å². The second-order valence-corrected chi connectivity index (χ2v) is 5.55. The van der Waals surface area contributed by atoms with Crippen LogP contribution in [-0.4, -0.2) is 17.1 Å². The molecule has 0 aliphatic heterocycles. The fraction of sp³-hybridized carbons (Fsp3) is 0.0526. The molecule has 0 fully saturated rings. The van der Waals surface area contributed by atoms with E-state index in [0.717, 1.165) is 27.4 Å². The number of hydrogen-bond donors (Lipinski definition) is 2. The average Bonchev–Trinajstić information content (AvgIpc) is 2.60. The molecule has 5 heteroatoms. The lowest BCUT2D eigenvalue weighted by molar-refractivity contribution is 0.419. The number of hydrogen-bond acceptors (Lipinski definition) is 3. The van der Waals surface area contributed by atoms with Gasteiger partial charge in [0.2, 0.25) is 11.1 Å². The van der Waals surface area contributed by atoms with E-state index in [-0.39, 0.29) is 11.1 Å². The molecule has 4 aromatic rings. The van der Waals surface area contributed by atoms with E-state index in [2.05, 4.69) is 9.97 Å². The predicted molar refractivity (Wildman–Crippen MR) is 94.7 cm³/mol. The summed E-state index contributed by atoms with van der Waals surface area (Å²) in [4.78, 5) is 28.7. The molecule has 0 aliphatic carbocycles. The first-order valence-corrected chi connectivity index (χ1v) is 7.49. The lowest BCUT2D eigenvalue weighted by atomic mass is 9.98. The van der Waals surface area contributed by atoms with E-state index in [0.29, 0.717) is 11.3 Å². The summed E-state index contributed by atoms with van der Waals surface area (Å²) in [6, 6.07) is 16.3. The van der Waals surface area contributed by atoms with Gasteiger partial charge in [0.25, 0.3) is 0 Å². The van der Waals surface area contributed by atoms with Crippen molar-refractivity contribution in [2.24, 2.45) is 0 Å². The van der Waals surface area contributed by atoms with Crippen LogP contribution in [0.4, 0.5) is 0 Å². The van der Waals surface area contributed by atoms with Gasteiger partial charge < -0.3 is 14.7 Å². The summed E-state index contributed by atoms with van der Waals surface area (Å²) >= 11 is 0. The quantitative estimate of drug-likeness (QED) is 0.596. The molecule has 118 valence electrons. The second kappa shape index (κ2) is 5.38. The molecule has 0 bridgehead atoms. The summed E-state index contributed by atoms with van der Waals surface area (Å²) in [6.07, 6.45) is 0. The molecule has 0 unspecified atom stereocenters. The molecular weight excluding hydrogens is 304 g/mol. The topological polar surface area (TPSA) is 75.0 Å². The number of methoxy groups -OCH3 is 1. The van der Waals surface area contributed by atoms with Crippen LogP contribution in [0.5, 0.6) is 5.75 Å². The van der Waals surface area contributed by atoms with Gasteiger partial charge in [0.15, 0.2) is 0 Å². The van der Waals surface area contributed by atoms with E-state index in [9.17, 15) is 9.59 Å². The molecule has 0 aliphatic rings. The molecule has 0 spiro atoms. The number of nitrogens with one attached hydrogen (secondary N) is 2. The largest absolute Gasteiger partial charge is 0.495 e. The highest BCUT2D eigenvalue weighted by Gasteiger charge is 2.10. The van der Waals surface area contributed by atoms with Crippen LogP contribution in [0.1, 0.15) is 0 Å². The van der Waals surface area contributed by atoms with Crippen molar-refractivity contribution in [3.8, 4) is 16.9 Å². The Bertz CT molecular complexity index is 1190. The maximum atomic E-state index is 11.7. The molecule has 0 radical (unpaired) electrons. The average molecular weight is 318 g/mol. The summed E-state index contributed by atoms with van der Waals surface area (Å²) in [6.45, 7) is 0. The standard InChI is InChI=1S/C19H14N2O3/c1-24-16-7-4-13(14-5-9-18(23)21-19(14)16)11-2-6-15-12(10-11)3-8-17(22)20-15/h2-10H,1H3,(H,20,22)(H,21,23). The Hall–Kier alpha value is -3.34. The minimum Gasteiger partial charge on any atom is -0.495 e. The molecule has 24 heavy (non-hydrogen) atoms. The molecule has 2 heterocycles. The van der Waals surface area contributed by atoms with Crippen molar-refractivity contribution in [1.82, 2.24) is 9.97 Å². The first kappa shape index (κ1) is 14.3. The van der Waals surface area contributed by atoms with Crippen LogP contribution in [0, 0.1) is 0 Å². The lowest BCUT2D eigenvalue weighted by Crippen LogP contribution is -2.04. The second-order valence-electron chi connectivity index (χ2n) is 5.55. The molecule has 0 saturated heterocycles. The first-order chi connectivity index (χ1) is 11.7. The Labute approximate surface area is 136 Å². The van der Waals surface area contributed by atoms with Crippen LogP contribution in [0.2, 0.25) is 0 Å². The van der Waals surface area contributed by atoms with Gasteiger partial charge in [-0.1, -0.05) is 6.07 Å². The van der Waals surface area contributed by atoms with E-state index in [1.54, 1.807) is 19.2 Å². The van der Waals surface area contributed by atoms with Crippen LogP contribution in [0.15, 0.2) is 64.2 Å². The van der Waals surface area contributed by atoms with Crippen LogP contribution in [0.3, 0.4) is 0 Å². The predicted octanol–water partition coefficient (Wildman–Crippen LogP) is 3.05. The van der Waals surface area contributed by atoms with Gasteiger partial charge in [-0.2, -0.15) is 0 Å². The number of pyridine rings is 2. The number of benzene rings is 2. The molecular formula is C19H14N2O3. The fourth-order valence-electron chi connectivity index (χ4n) is 2.97. The van der Waals surface area contributed by atoms with E-state index in [1.165, 1.54) is 12.1 Å². The Morgan fingerprint density at radius 1 is 0.833 bits per heavy atom. The highest BCUT2D eigenvalue weighted by Crippen LogP contribution is 2.33. The van der Waals surface area contributed by atoms with Gasteiger partial charge in [0.1, 0.15) is 5.75 Å². The minimum absolute atomic E-state index is 0.122. The third-order valence-corrected chi connectivity index (χ3v) is 4.11.